The lowest BCUT2D eigenvalue weighted by Gasteiger charge is -2.26. The van der Waals surface area contributed by atoms with E-state index in [4.69, 9.17) is 29.0 Å². The van der Waals surface area contributed by atoms with Gasteiger partial charge in [-0.25, -0.2) is 29.1 Å². The number of rotatable bonds is 12. The highest BCUT2D eigenvalue weighted by atomic mass is 31.2. The van der Waals surface area contributed by atoms with Crippen molar-refractivity contribution in [1.82, 2.24) is 39.0 Å². The Balaban J connectivity index is 1.20. The first-order chi connectivity index (χ1) is 22.7. The summed E-state index contributed by atoms with van der Waals surface area (Å²) >= 11 is 0. The Morgan fingerprint density at radius 2 is 1.60 bits per heavy atom. The highest BCUT2D eigenvalue weighted by molar-refractivity contribution is 7.47. The van der Waals surface area contributed by atoms with Crippen LogP contribution in [0.25, 0.3) is 22.3 Å². The van der Waals surface area contributed by atoms with Crippen LogP contribution in [0.2, 0.25) is 0 Å². The van der Waals surface area contributed by atoms with E-state index < -0.39 is 83.5 Å². The standard InChI is InChI=1S/C22H30N10O14P2/c1-24-16-10-17(26-5-25-16)31(6-27-10)21-15(41-2)14(9(45-21)4-42-47(36,37)38)46-48(39,40)43-3-8-12(33)13(34)20(44-8)32-7-28-11-18(32)29-22(23)30-19(11)35/h5-9,12-15,20-21,33-34H,3-4H2,1-2H3,(H,39,40)(H,24,25,26)(H2,36,37,38)(H3,23,29,30,35)/t8-,9-,12?,13+,14?,15+,20-,21-/m1/s1. The number of anilines is 2. The molecule has 0 amide bonds. The summed E-state index contributed by atoms with van der Waals surface area (Å²) in [4.78, 5) is 64.2. The van der Waals surface area contributed by atoms with Crippen molar-refractivity contribution in [2.75, 3.05) is 38.4 Å². The zero-order valence-corrected chi connectivity index (χ0v) is 26.6. The van der Waals surface area contributed by atoms with Crippen LogP contribution < -0.4 is 16.6 Å². The van der Waals surface area contributed by atoms with Gasteiger partial charge in [-0.1, -0.05) is 0 Å². The topological polar surface area (TPSA) is 336 Å². The fourth-order valence-electron chi connectivity index (χ4n) is 5.41. The number of aromatic nitrogens is 8. The maximum absolute atomic E-state index is 13.3. The molecule has 3 unspecified atom stereocenters. The fourth-order valence-corrected chi connectivity index (χ4v) is 6.71. The van der Waals surface area contributed by atoms with Gasteiger partial charge in [0, 0.05) is 14.2 Å². The first-order valence-corrected chi connectivity index (χ1v) is 16.9. The number of phosphoric ester groups is 2. The van der Waals surface area contributed by atoms with Crippen LogP contribution >= 0.6 is 15.6 Å². The summed E-state index contributed by atoms with van der Waals surface area (Å²) in [5, 5.41) is 24.2. The van der Waals surface area contributed by atoms with Crippen molar-refractivity contribution < 1.29 is 61.8 Å². The number of nitrogens with two attached hydrogens (primary N) is 1. The van der Waals surface area contributed by atoms with Gasteiger partial charge in [-0.15, -0.1) is 0 Å². The van der Waals surface area contributed by atoms with Crippen LogP contribution in [-0.4, -0.2) is 128 Å². The van der Waals surface area contributed by atoms with Crippen molar-refractivity contribution in [1.29, 1.82) is 0 Å². The molecule has 2 aliphatic rings. The van der Waals surface area contributed by atoms with Gasteiger partial charge in [-0.05, 0) is 0 Å². The lowest BCUT2D eigenvalue weighted by atomic mass is 10.1. The van der Waals surface area contributed by atoms with Crippen molar-refractivity contribution in [2.24, 2.45) is 0 Å². The molecule has 0 aliphatic carbocycles. The number of fused-ring (bicyclic) bond motifs is 2. The van der Waals surface area contributed by atoms with Crippen LogP contribution in [0.15, 0.2) is 23.8 Å². The van der Waals surface area contributed by atoms with E-state index in [0.29, 0.717) is 11.3 Å². The number of methoxy groups -OCH3 is 1. The minimum atomic E-state index is -5.13. The van der Waals surface area contributed by atoms with Gasteiger partial charge in [0.25, 0.3) is 5.56 Å². The highest BCUT2D eigenvalue weighted by Crippen LogP contribution is 2.50. The van der Waals surface area contributed by atoms with Crippen molar-refractivity contribution in [3.8, 4) is 0 Å². The number of phosphoric acid groups is 2. The smallest absolute Gasteiger partial charge is 0.387 e. The number of imidazole rings is 2. The van der Waals surface area contributed by atoms with Crippen molar-refractivity contribution >= 4 is 49.7 Å². The van der Waals surface area contributed by atoms with E-state index >= 15 is 0 Å². The number of hydrogen-bond acceptors (Lipinski definition) is 18. The lowest BCUT2D eigenvalue weighted by molar-refractivity contribution is -0.0582. The summed E-state index contributed by atoms with van der Waals surface area (Å²) in [6.45, 7) is -1.62. The fraction of sp³-hybridized carbons (Fsp3) is 0.545. The van der Waals surface area contributed by atoms with E-state index in [9.17, 15) is 38.8 Å². The number of aliphatic hydroxyl groups excluding tert-OH is 2. The second-order valence-electron chi connectivity index (χ2n) is 10.5. The van der Waals surface area contributed by atoms with E-state index in [0.717, 1.165) is 10.9 Å². The average molecular weight is 720 g/mol. The third-order valence-corrected chi connectivity index (χ3v) is 9.02. The Kier molecular flexibility index (Phi) is 9.38. The van der Waals surface area contributed by atoms with E-state index in [1.807, 2.05) is 0 Å². The molecule has 2 saturated heterocycles. The number of ether oxygens (including phenoxy) is 3. The number of nitrogens with one attached hydrogen (secondary N) is 2. The molecular weight excluding hydrogens is 690 g/mol. The molecule has 24 nitrogen and oxygen atoms in total. The summed E-state index contributed by atoms with van der Waals surface area (Å²) in [5.41, 5.74) is 5.37. The summed E-state index contributed by atoms with van der Waals surface area (Å²) in [7, 11) is -7.30. The third kappa shape index (κ3) is 6.58. The number of H-pyrrole nitrogens is 1. The van der Waals surface area contributed by atoms with Gasteiger partial charge in [0.05, 0.1) is 25.9 Å². The third-order valence-electron chi connectivity index (χ3n) is 7.55. The van der Waals surface area contributed by atoms with Gasteiger partial charge < -0.3 is 50.2 Å². The molecule has 0 spiro atoms. The second kappa shape index (κ2) is 13.1. The van der Waals surface area contributed by atoms with E-state index in [-0.39, 0.29) is 22.8 Å². The maximum Gasteiger partial charge on any atom is 0.472 e. The molecular formula is C22H30N10O14P2. The Labute approximate surface area is 267 Å². The summed E-state index contributed by atoms with van der Waals surface area (Å²) in [6.07, 6.45) is -7.74. The maximum atomic E-state index is 13.3. The first kappa shape index (κ1) is 34.4. The molecule has 0 saturated carbocycles. The molecule has 2 fully saturated rings. The van der Waals surface area contributed by atoms with Gasteiger partial charge >= 0.3 is 15.6 Å². The van der Waals surface area contributed by atoms with Crippen LogP contribution in [0.5, 0.6) is 0 Å². The van der Waals surface area contributed by atoms with Crippen LogP contribution in [0.4, 0.5) is 11.8 Å². The zero-order valence-electron chi connectivity index (χ0n) is 24.8. The summed E-state index contributed by atoms with van der Waals surface area (Å²) in [6, 6.07) is 0. The quantitative estimate of drug-likeness (QED) is 0.0715. The van der Waals surface area contributed by atoms with E-state index in [1.54, 1.807) is 7.05 Å². The normalized spacial score (nSPS) is 29.1. The molecule has 6 heterocycles. The molecule has 26 heteroatoms. The average Bonchev–Trinajstić information content (AvgIpc) is 3.79. The minimum absolute atomic E-state index is 0.0606. The SMILES string of the molecule is CNc1ncnc2c1ncn2[C@@H]1O[C@H](COP(=O)(O)O)C(OP(=O)(O)OC[C@H]2O[C@@H](n3cnc4c(=O)[nH]c(N)nc43)[C@@H](O)C2O)[C@@H]1OC. The molecule has 6 rings (SSSR count). The van der Waals surface area contributed by atoms with Gasteiger partial charge in [-0.3, -0.25) is 32.5 Å². The van der Waals surface area contributed by atoms with Gasteiger partial charge in [0.2, 0.25) is 5.95 Å². The van der Waals surface area contributed by atoms with Crippen LogP contribution in [-0.2, 0) is 36.9 Å². The molecule has 0 bridgehead atoms. The van der Waals surface area contributed by atoms with Crippen LogP contribution in [0, 0.1) is 0 Å². The Hall–Kier alpha value is -3.48. The Morgan fingerprint density at radius 1 is 0.938 bits per heavy atom. The number of nitrogen functional groups attached to an aromatic ring is 1. The molecule has 48 heavy (non-hydrogen) atoms. The highest BCUT2D eigenvalue weighted by Gasteiger charge is 2.52. The largest absolute Gasteiger partial charge is 0.472 e. The molecule has 4 aromatic rings. The lowest BCUT2D eigenvalue weighted by Crippen LogP contribution is -2.38. The Morgan fingerprint density at radius 3 is 2.29 bits per heavy atom. The number of aliphatic hydroxyl groups is 2. The number of aromatic amines is 1. The van der Waals surface area contributed by atoms with Gasteiger partial charge in [0.1, 0.15) is 48.5 Å². The molecule has 9 atom stereocenters. The van der Waals surface area contributed by atoms with Gasteiger partial charge in [-0.2, -0.15) is 4.98 Å². The van der Waals surface area contributed by atoms with E-state index in [1.165, 1.54) is 24.3 Å². The summed E-state index contributed by atoms with van der Waals surface area (Å²) < 4.78 is 59.6. The molecule has 262 valence electrons. The Bertz CT molecular complexity index is 1950. The van der Waals surface area contributed by atoms with Crippen molar-refractivity contribution in [2.45, 2.75) is 49.1 Å². The number of nitrogens with zero attached hydrogens (tertiary/aromatic N) is 7. The molecule has 0 radical (unpaired) electrons. The van der Waals surface area contributed by atoms with E-state index in [2.05, 4.69) is 39.7 Å². The summed E-state index contributed by atoms with van der Waals surface area (Å²) in [5.74, 6) is 0.141. The van der Waals surface area contributed by atoms with Crippen LogP contribution in [0.1, 0.15) is 12.5 Å². The predicted octanol–water partition coefficient (Wildman–Crippen LogP) is -2.27. The van der Waals surface area contributed by atoms with Crippen molar-refractivity contribution in [3.05, 3.63) is 29.3 Å². The molecule has 2 aliphatic heterocycles. The molecule has 0 aromatic carbocycles. The predicted molar refractivity (Wildman–Crippen MR) is 157 cm³/mol. The van der Waals surface area contributed by atoms with Gasteiger partial charge in [0.15, 0.2) is 35.1 Å². The monoisotopic (exact) mass is 720 g/mol. The number of hydrogen-bond donors (Lipinski definition) is 8. The second-order valence-corrected chi connectivity index (χ2v) is 13.1. The zero-order chi connectivity index (χ0) is 34.5. The first-order valence-electron chi connectivity index (χ1n) is 13.8. The molecule has 9 N–H and O–H groups in total. The minimum Gasteiger partial charge on any atom is -0.387 e. The van der Waals surface area contributed by atoms with Crippen molar-refractivity contribution in [3.63, 3.8) is 0 Å². The van der Waals surface area contributed by atoms with Crippen LogP contribution in [0.3, 0.4) is 0 Å². The molecule has 4 aromatic heterocycles.